The lowest BCUT2D eigenvalue weighted by Gasteiger charge is -2.06. The highest BCUT2D eigenvalue weighted by Crippen LogP contribution is 2.15. The Morgan fingerprint density at radius 3 is 2.00 bits per heavy atom. The quantitative estimate of drug-likeness (QED) is 0.460. The second-order valence-corrected chi connectivity index (χ2v) is 5.36. The summed E-state index contributed by atoms with van der Waals surface area (Å²) in [5.41, 5.74) is 1.44. The minimum Gasteiger partial charge on any atom is -0.494 e. The number of hydrogen-bond donors (Lipinski definition) is 0. The van der Waals surface area contributed by atoms with Gasteiger partial charge in [-0.05, 0) is 37.0 Å². The standard InChI is InChI=1S/C18H30O/c1-3-5-6-7-8-9-10-11-17-12-14-18(15-13-17)19-16-4-2/h12-15H,3-11,16H2,1-2H3. The summed E-state index contributed by atoms with van der Waals surface area (Å²) in [7, 11) is 0. The van der Waals surface area contributed by atoms with E-state index in [-0.39, 0.29) is 0 Å². The van der Waals surface area contributed by atoms with Crippen molar-refractivity contribution in [3.05, 3.63) is 29.8 Å². The average Bonchev–Trinajstić information content (AvgIpc) is 2.45. The molecular formula is C18H30O. The first-order chi connectivity index (χ1) is 9.36. The van der Waals surface area contributed by atoms with Crippen molar-refractivity contribution in [3.8, 4) is 5.75 Å². The van der Waals surface area contributed by atoms with Crippen LogP contribution in [0.5, 0.6) is 5.75 Å². The van der Waals surface area contributed by atoms with Crippen LogP contribution in [0.2, 0.25) is 0 Å². The van der Waals surface area contributed by atoms with Crippen LogP contribution in [0.1, 0.15) is 70.8 Å². The molecule has 1 aromatic rings. The summed E-state index contributed by atoms with van der Waals surface area (Å²) in [6, 6.07) is 8.63. The van der Waals surface area contributed by atoms with Crippen molar-refractivity contribution in [2.24, 2.45) is 0 Å². The van der Waals surface area contributed by atoms with Gasteiger partial charge in [0.2, 0.25) is 0 Å². The number of ether oxygens (including phenoxy) is 1. The van der Waals surface area contributed by atoms with Gasteiger partial charge in [0, 0.05) is 0 Å². The Balaban J connectivity index is 2.09. The monoisotopic (exact) mass is 262 g/mol. The SMILES string of the molecule is CCCCCCCCCc1ccc(OCCC)cc1. The van der Waals surface area contributed by atoms with E-state index in [1.54, 1.807) is 0 Å². The van der Waals surface area contributed by atoms with Crippen LogP contribution in [-0.2, 0) is 6.42 Å². The largest absolute Gasteiger partial charge is 0.494 e. The maximum absolute atomic E-state index is 5.59. The first-order valence-electron chi connectivity index (χ1n) is 8.08. The average molecular weight is 262 g/mol. The topological polar surface area (TPSA) is 9.23 Å². The van der Waals surface area contributed by atoms with Crippen LogP contribution in [0.15, 0.2) is 24.3 Å². The van der Waals surface area contributed by atoms with Crippen molar-refractivity contribution in [2.75, 3.05) is 6.61 Å². The lowest BCUT2D eigenvalue weighted by Crippen LogP contribution is -1.95. The number of hydrogen-bond acceptors (Lipinski definition) is 1. The van der Waals surface area contributed by atoms with Crippen molar-refractivity contribution in [3.63, 3.8) is 0 Å². The van der Waals surface area contributed by atoms with Gasteiger partial charge in [0.25, 0.3) is 0 Å². The van der Waals surface area contributed by atoms with E-state index in [0.29, 0.717) is 0 Å². The van der Waals surface area contributed by atoms with E-state index >= 15 is 0 Å². The second-order valence-electron chi connectivity index (χ2n) is 5.36. The van der Waals surface area contributed by atoms with Crippen LogP contribution in [-0.4, -0.2) is 6.61 Å². The fraction of sp³-hybridized carbons (Fsp3) is 0.667. The van der Waals surface area contributed by atoms with Crippen LogP contribution in [0.25, 0.3) is 0 Å². The summed E-state index contributed by atoms with van der Waals surface area (Å²) in [4.78, 5) is 0. The molecule has 0 aromatic heterocycles. The van der Waals surface area contributed by atoms with Crippen molar-refractivity contribution in [1.29, 1.82) is 0 Å². The third kappa shape index (κ3) is 7.92. The third-order valence-electron chi connectivity index (χ3n) is 3.47. The van der Waals surface area contributed by atoms with Crippen molar-refractivity contribution in [2.45, 2.75) is 71.6 Å². The zero-order chi connectivity index (χ0) is 13.8. The Kier molecular flexibility index (Phi) is 9.22. The van der Waals surface area contributed by atoms with E-state index in [9.17, 15) is 0 Å². The lowest BCUT2D eigenvalue weighted by atomic mass is 10.0. The van der Waals surface area contributed by atoms with Gasteiger partial charge in [-0.25, -0.2) is 0 Å². The van der Waals surface area contributed by atoms with E-state index in [1.807, 2.05) is 0 Å². The van der Waals surface area contributed by atoms with Crippen LogP contribution in [0, 0.1) is 0 Å². The second kappa shape index (κ2) is 10.9. The van der Waals surface area contributed by atoms with Crippen LogP contribution < -0.4 is 4.74 Å². The van der Waals surface area contributed by atoms with E-state index < -0.39 is 0 Å². The maximum atomic E-state index is 5.59. The van der Waals surface area contributed by atoms with Crippen molar-refractivity contribution in [1.82, 2.24) is 0 Å². The molecule has 0 atom stereocenters. The molecule has 0 aliphatic carbocycles. The van der Waals surface area contributed by atoms with E-state index in [1.165, 1.54) is 56.9 Å². The van der Waals surface area contributed by atoms with Crippen LogP contribution in [0.3, 0.4) is 0 Å². The normalized spacial score (nSPS) is 10.6. The van der Waals surface area contributed by atoms with Crippen LogP contribution in [0.4, 0.5) is 0 Å². The molecule has 0 bridgehead atoms. The summed E-state index contributed by atoms with van der Waals surface area (Å²) in [5, 5.41) is 0. The molecule has 0 spiro atoms. The fourth-order valence-electron chi connectivity index (χ4n) is 2.26. The van der Waals surface area contributed by atoms with Gasteiger partial charge in [0.1, 0.15) is 5.75 Å². The smallest absolute Gasteiger partial charge is 0.119 e. The Morgan fingerprint density at radius 1 is 0.737 bits per heavy atom. The van der Waals surface area contributed by atoms with Gasteiger partial charge in [-0.1, -0.05) is 64.5 Å². The van der Waals surface area contributed by atoms with Gasteiger partial charge in [-0.3, -0.25) is 0 Å². The third-order valence-corrected chi connectivity index (χ3v) is 3.47. The zero-order valence-electron chi connectivity index (χ0n) is 12.8. The zero-order valence-corrected chi connectivity index (χ0v) is 12.8. The van der Waals surface area contributed by atoms with Crippen molar-refractivity contribution < 1.29 is 4.74 Å². The summed E-state index contributed by atoms with van der Waals surface area (Å²) in [5.74, 6) is 1.00. The van der Waals surface area contributed by atoms with Gasteiger partial charge in [0.15, 0.2) is 0 Å². The number of benzene rings is 1. The molecular weight excluding hydrogens is 232 g/mol. The minimum absolute atomic E-state index is 0.817. The maximum Gasteiger partial charge on any atom is 0.119 e. The molecule has 0 saturated carbocycles. The number of unbranched alkanes of at least 4 members (excludes halogenated alkanes) is 6. The number of rotatable bonds is 11. The van der Waals surface area contributed by atoms with Gasteiger partial charge in [0.05, 0.1) is 6.61 Å². The highest BCUT2D eigenvalue weighted by Gasteiger charge is 1.96. The highest BCUT2D eigenvalue weighted by molar-refractivity contribution is 5.27. The van der Waals surface area contributed by atoms with Gasteiger partial charge in [-0.15, -0.1) is 0 Å². The predicted molar refractivity (Wildman–Crippen MR) is 83.9 cm³/mol. The lowest BCUT2D eigenvalue weighted by molar-refractivity contribution is 0.317. The molecule has 0 heterocycles. The predicted octanol–water partition coefficient (Wildman–Crippen LogP) is 5.77. The molecule has 0 aliphatic rings. The molecule has 0 saturated heterocycles. The molecule has 19 heavy (non-hydrogen) atoms. The van der Waals surface area contributed by atoms with E-state index in [2.05, 4.69) is 38.1 Å². The molecule has 0 fully saturated rings. The Hall–Kier alpha value is -0.980. The molecule has 0 unspecified atom stereocenters. The van der Waals surface area contributed by atoms with Crippen molar-refractivity contribution >= 4 is 0 Å². The molecule has 0 aliphatic heterocycles. The molecule has 108 valence electrons. The van der Waals surface area contributed by atoms with Crippen LogP contribution >= 0.6 is 0 Å². The van der Waals surface area contributed by atoms with Gasteiger partial charge >= 0.3 is 0 Å². The van der Waals surface area contributed by atoms with Gasteiger partial charge in [-0.2, -0.15) is 0 Å². The molecule has 1 aromatic carbocycles. The molecule has 0 radical (unpaired) electrons. The molecule has 1 rings (SSSR count). The number of aryl methyl sites for hydroxylation is 1. The molecule has 1 nitrogen and oxygen atoms in total. The van der Waals surface area contributed by atoms with Gasteiger partial charge < -0.3 is 4.74 Å². The highest BCUT2D eigenvalue weighted by atomic mass is 16.5. The Labute approximate surface area is 119 Å². The minimum atomic E-state index is 0.817. The summed E-state index contributed by atoms with van der Waals surface area (Å²) >= 11 is 0. The first-order valence-corrected chi connectivity index (χ1v) is 8.08. The van der Waals surface area contributed by atoms with E-state index in [4.69, 9.17) is 4.74 Å². The fourth-order valence-corrected chi connectivity index (χ4v) is 2.26. The summed E-state index contributed by atoms with van der Waals surface area (Å²) in [6.45, 7) is 5.22. The summed E-state index contributed by atoms with van der Waals surface area (Å²) in [6.07, 6.45) is 11.9. The Morgan fingerprint density at radius 2 is 1.37 bits per heavy atom. The molecule has 0 amide bonds. The Bertz CT molecular complexity index is 302. The molecule has 1 heteroatoms. The summed E-state index contributed by atoms with van der Waals surface area (Å²) < 4.78 is 5.59. The molecule has 0 N–H and O–H groups in total. The van der Waals surface area contributed by atoms with E-state index in [0.717, 1.165) is 18.8 Å². The first kappa shape index (κ1) is 16.1.